The molecule has 1 N–H and O–H groups in total. The fourth-order valence-corrected chi connectivity index (χ4v) is 4.39. The molecule has 1 fully saturated rings. The summed E-state index contributed by atoms with van der Waals surface area (Å²) in [7, 11) is 0. The maximum absolute atomic E-state index is 11.6. The number of nitrogens with zero attached hydrogens (tertiary/aromatic N) is 1. The van der Waals surface area contributed by atoms with Crippen LogP contribution in [0.3, 0.4) is 0 Å². The van der Waals surface area contributed by atoms with Gasteiger partial charge in [0.25, 0.3) is 0 Å². The second kappa shape index (κ2) is 8.62. The van der Waals surface area contributed by atoms with Crippen LogP contribution in [0.15, 0.2) is 78.9 Å². The first-order valence-electron chi connectivity index (χ1n) is 10.3. The molecule has 1 aliphatic heterocycles. The molecule has 0 amide bonds. The lowest BCUT2D eigenvalue weighted by atomic mass is 9.90. The maximum atomic E-state index is 11.6. The van der Waals surface area contributed by atoms with Gasteiger partial charge in [-0.2, -0.15) is 0 Å². The van der Waals surface area contributed by atoms with Crippen LogP contribution in [0.1, 0.15) is 35.6 Å². The molecule has 0 bridgehead atoms. The van der Waals surface area contributed by atoms with E-state index in [1.54, 1.807) is 0 Å². The van der Waals surface area contributed by atoms with Gasteiger partial charge in [0, 0.05) is 6.54 Å². The summed E-state index contributed by atoms with van der Waals surface area (Å²) in [4.78, 5) is 14.0. The first kappa shape index (κ1) is 19.4. The van der Waals surface area contributed by atoms with Crippen LogP contribution in [0.25, 0.3) is 11.1 Å². The summed E-state index contributed by atoms with van der Waals surface area (Å²) in [6, 6.07) is 27.8. The molecule has 1 saturated heterocycles. The molecule has 3 heteroatoms. The number of hydrogen-bond donors (Lipinski definition) is 1. The number of rotatable bonds is 5. The highest BCUT2D eigenvalue weighted by atomic mass is 16.4. The molecule has 1 aliphatic rings. The van der Waals surface area contributed by atoms with E-state index in [2.05, 4.69) is 84.6 Å². The van der Waals surface area contributed by atoms with Crippen LogP contribution in [0.2, 0.25) is 0 Å². The van der Waals surface area contributed by atoms with Crippen molar-refractivity contribution in [2.45, 2.75) is 25.8 Å². The van der Waals surface area contributed by atoms with E-state index in [1.165, 1.54) is 27.8 Å². The summed E-state index contributed by atoms with van der Waals surface area (Å²) in [6.07, 6.45) is 1.68. The van der Waals surface area contributed by atoms with Crippen LogP contribution in [0.5, 0.6) is 0 Å². The van der Waals surface area contributed by atoms with Crippen LogP contribution in [0.4, 0.5) is 0 Å². The fourth-order valence-electron chi connectivity index (χ4n) is 4.39. The summed E-state index contributed by atoms with van der Waals surface area (Å²) < 4.78 is 0. The summed E-state index contributed by atoms with van der Waals surface area (Å²) >= 11 is 0. The second-order valence-corrected chi connectivity index (χ2v) is 7.98. The Kier molecular flexibility index (Phi) is 5.77. The van der Waals surface area contributed by atoms with Gasteiger partial charge in [-0.3, -0.25) is 9.69 Å². The average molecular weight is 386 g/mol. The van der Waals surface area contributed by atoms with Crippen LogP contribution < -0.4 is 0 Å². The van der Waals surface area contributed by atoms with Gasteiger partial charge in [-0.25, -0.2) is 0 Å². The highest BCUT2D eigenvalue weighted by Crippen LogP contribution is 2.34. The normalized spacial score (nSPS) is 18.3. The van der Waals surface area contributed by atoms with Crippen molar-refractivity contribution in [3.8, 4) is 11.1 Å². The zero-order chi connectivity index (χ0) is 20.2. The Morgan fingerprint density at radius 1 is 0.931 bits per heavy atom. The van der Waals surface area contributed by atoms with E-state index in [0.29, 0.717) is 6.54 Å². The van der Waals surface area contributed by atoms with E-state index >= 15 is 0 Å². The lowest BCUT2D eigenvalue weighted by Crippen LogP contribution is -2.41. The van der Waals surface area contributed by atoms with Crippen LogP contribution in [-0.4, -0.2) is 29.1 Å². The molecule has 2 atom stereocenters. The number of benzene rings is 3. The molecule has 0 aliphatic carbocycles. The lowest BCUT2D eigenvalue weighted by Gasteiger charge is -2.37. The highest BCUT2D eigenvalue weighted by Gasteiger charge is 2.31. The molecular formula is C26H27NO2. The Morgan fingerprint density at radius 2 is 1.66 bits per heavy atom. The zero-order valence-electron chi connectivity index (χ0n) is 16.8. The first-order chi connectivity index (χ1) is 14.1. The van der Waals surface area contributed by atoms with Crippen molar-refractivity contribution in [2.75, 3.05) is 13.1 Å². The number of aryl methyl sites for hydroxylation is 1. The molecule has 3 aromatic rings. The lowest BCUT2D eigenvalue weighted by molar-refractivity contribution is -0.143. The molecule has 1 heterocycles. The average Bonchev–Trinajstić information content (AvgIpc) is 2.75. The first-order valence-corrected chi connectivity index (χ1v) is 10.3. The van der Waals surface area contributed by atoms with Gasteiger partial charge >= 0.3 is 5.97 Å². The van der Waals surface area contributed by atoms with Crippen molar-refractivity contribution < 1.29 is 9.90 Å². The predicted octanol–water partition coefficient (Wildman–Crippen LogP) is 5.55. The van der Waals surface area contributed by atoms with Gasteiger partial charge in [-0.15, -0.1) is 0 Å². The van der Waals surface area contributed by atoms with Gasteiger partial charge in [0.15, 0.2) is 0 Å². The van der Waals surface area contributed by atoms with E-state index in [9.17, 15) is 9.90 Å². The number of aliphatic carboxylic acids is 1. The van der Waals surface area contributed by atoms with E-state index in [4.69, 9.17) is 0 Å². The van der Waals surface area contributed by atoms with Crippen molar-refractivity contribution in [2.24, 2.45) is 5.92 Å². The van der Waals surface area contributed by atoms with Crippen molar-refractivity contribution in [1.82, 2.24) is 4.90 Å². The van der Waals surface area contributed by atoms with Gasteiger partial charge in [0.1, 0.15) is 0 Å². The Bertz CT molecular complexity index is 966. The number of carboxylic acid groups (broad SMARTS) is 1. The van der Waals surface area contributed by atoms with Crippen molar-refractivity contribution in [3.05, 3.63) is 95.6 Å². The molecule has 29 heavy (non-hydrogen) atoms. The molecular weight excluding hydrogens is 358 g/mol. The smallest absolute Gasteiger partial charge is 0.307 e. The van der Waals surface area contributed by atoms with E-state index in [-0.39, 0.29) is 12.0 Å². The second-order valence-electron chi connectivity index (χ2n) is 7.98. The van der Waals surface area contributed by atoms with Crippen LogP contribution >= 0.6 is 0 Å². The number of carboxylic acids is 1. The minimum absolute atomic E-state index is 0.0712. The zero-order valence-corrected chi connectivity index (χ0v) is 16.8. The van der Waals surface area contributed by atoms with Crippen molar-refractivity contribution in [3.63, 3.8) is 0 Å². The molecule has 0 saturated carbocycles. The minimum Gasteiger partial charge on any atom is -0.481 e. The van der Waals surface area contributed by atoms with Crippen LogP contribution in [-0.2, 0) is 4.79 Å². The summed E-state index contributed by atoms with van der Waals surface area (Å²) in [5.41, 5.74) is 6.06. The molecule has 148 valence electrons. The van der Waals surface area contributed by atoms with Gasteiger partial charge in [0.05, 0.1) is 12.0 Å². The Hall–Kier alpha value is -2.91. The Balaban J connectivity index is 1.69. The third-order valence-electron chi connectivity index (χ3n) is 5.86. The topological polar surface area (TPSA) is 40.5 Å². The molecule has 0 spiro atoms. The number of piperidine rings is 1. The molecule has 0 aromatic heterocycles. The SMILES string of the molecule is Cc1cccc(C(c2ccc(-c3ccccc3)cc2)N2CCCC(C(=O)O)C2)c1. The molecule has 3 nitrogen and oxygen atoms in total. The molecule has 3 aromatic carbocycles. The van der Waals surface area contributed by atoms with Gasteiger partial charge in [-0.05, 0) is 48.6 Å². The monoisotopic (exact) mass is 385 g/mol. The van der Waals surface area contributed by atoms with Gasteiger partial charge in [0.2, 0.25) is 0 Å². The van der Waals surface area contributed by atoms with Crippen molar-refractivity contribution >= 4 is 5.97 Å². The van der Waals surface area contributed by atoms with E-state index in [1.807, 2.05) is 6.07 Å². The predicted molar refractivity (Wildman–Crippen MR) is 117 cm³/mol. The Labute approximate surface area is 172 Å². The van der Waals surface area contributed by atoms with Crippen LogP contribution in [0, 0.1) is 12.8 Å². The fraction of sp³-hybridized carbons (Fsp3) is 0.269. The van der Waals surface area contributed by atoms with Crippen molar-refractivity contribution in [1.29, 1.82) is 0 Å². The number of carbonyl (C=O) groups is 1. The van der Waals surface area contributed by atoms with Gasteiger partial charge < -0.3 is 5.11 Å². The molecule has 2 unspecified atom stereocenters. The highest BCUT2D eigenvalue weighted by molar-refractivity contribution is 5.70. The van der Waals surface area contributed by atoms with E-state index < -0.39 is 5.97 Å². The maximum Gasteiger partial charge on any atom is 0.307 e. The van der Waals surface area contributed by atoms with E-state index in [0.717, 1.165) is 19.4 Å². The molecule has 0 radical (unpaired) electrons. The number of likely N-dealkylation sites (tertiary alicyclic amines) is 1. The summed E-state index contributed by atoms with van der Waals surface area (Å²) in [6.45, 7) is 3.62. The minimum atomic E-state index is -0.683. The Morgan fingerprint density at radius 3 is 2.34 bits per heavy atom. The summed E-state index contributed by atoms with van der Waals surface area (Å²) in [5, 5.41) is 9.56. The van der Waals surface area contributed by atoms with Gasteiger partial charge in [-0.1, -0.05) is 84.4 Å². The third kappa shape index (κ3) is 4.41. The largest absolute Gasteiger partial charge is 0.481 e. The number of hydrogen-bond acceptors (Lipinski definition) is 2. The quantitative estimate of drug-likeness (QED) is 0.626. The third-order valence-corrected chi connectivity index (χ3v) is 5.86. The molecule has 4 rings (SSSR count). The standard InChI is InChI=1S/C26H27NO2/c1-19-7-5-10-23(17-19)25(27-16-6-11-24(18-27)26(28)29)22-14-12-21(13-15-22)20-8-3-2-4-9-20/h2-5,7-10,12-15,17,24-25H,6,11,16,18H2,1H3,(H,28,29). The summed E-state index contributed by atoms with van der Waals surface area (Å²) in [5.74, 6) is -0.975.